The van der Waals surface area contributed by atoms with Gasteiger partial charge in [-0.3, -0.25) is 4.90 Å². The van der Waals surface area contributed by atoms with E-state index < -0.39 is 5.60 Å². The Morgan fingerprint density at radius 3 is 2.46 bits per heavy atom. The molecule has 1 amide bonds. The van der Waals surface area contributed by atoms with Crippen molar-refractivity contribution in [1.82, 2.24) is 25.5 Å². The molecule has 3 unspecified atom stereocenters. The number of hydrogen-bond donors (Lipinski definition) is 4. The first-order valence-corrected chi connectivity index (χ1v) is 13.8. The van der Waals surface area contributed by atoms with Gasteiger partial charge in [-0.15, -0.1) is 0 Å². The van der Waals surface area contributed by atoms with Gasteiger partial charge in [0.25, 0.3) is 0 Å². The highest BCUT2D eigenvalue weighted by Crippen LogP contribution is 2.39. The Morgan fingerprint density at radius 2 is 1.79 bits per heavy atom. The van der Waals surface area contributed by atoms with Crippen LogP contribution in [0.1, 0.15) is 63.4 Å². The first kappa shape index (κ1) is 27.1. The minimum absolute atomic E-state index is 0.0272. The number of nitrogens with one attached hydrogen (secondary N) is 3. The number of alkyl carbamates (subject to hydrolysis) is 1. The molecule has 3 atom stereocenters. The highest BCUT2D eigenvalue weighted by Gasteiger charge is 2.37. The molecule has 0 radical (unpaired) electrons. The third-order valence-corrected chi connectivity index (χ3v) is 7.68. The molecule has 5 rings (SSSR count). The number of likely N-dealkylation sites (tertiary alicyclic amines) is 1. The van der Waals surface area contributed by atoms with Crippen LogP contribution >= 0.6 is 0 Å². The zero-order valence-corrected chi connectivity index (χ0v) is 22.9. The van der Waals surface area contributed by atoms with Gasteiger partial charge in [-0.25, -0.2) is 14.2 Å². The van der Waals surface area contributed by atoms with Crippen molar-refractivity contribution >= 4 is 11.8 Å². The Hall–Kier alpha value is -3.43. The number of nitrogens with two attached hydrogens (primary N) is 1. The maximum absolute atomic E-state index is 13.8. The molecule has 9 heteroatoms. The number of amides is 1. The quantitative estimate of drug-likeness (QED) is 0.344. The fourth-order valence-corrected chi connectivity index (χ4v) is 5.71. The summed E-state index contributed by atoms with van der Waals surface area (Å²) in [6.07, 6.45) is 4.19. The number of piperidine rings is 2. The van der Waals surface area contributed by atoms with Gasteiger partial charge in [-0.05, 0) is 75.4 Å². The van der Waals surface area contributed by atoms with Crippen molar-refractivity contribution in [2.45, 2.75) is 69.7 Å². The van der Waals surface area contributed by atoms with E-state index in [2.05, 4.69) is 20.5 Å². The van der Waals surface area contributed by atoms with Crippen molar-refractivity contribution < 1.29 is 13.9 Å². The van der Waals surface area contributed by atoms with Crippen molar-refractivity contribution in [3.63, 3.8) is 0 Å². The Labute approximate surface area is 229 Å². The highest BCUT2D eigenvalue weighted by molar-refractivity contribution is 5.68. The summed E-state index contributed by atoms with van der Waals surface area (Å²) in [6, 6.07) is 15.0. The van der Waals surface area contributed by atoms with Gasteiger partial charge >= 0.3 is 6.09 Å². The summed E-state index contributed by atoms with van der Waals surface area (Å²) in [5, 5.41) is 6.78. The Morgan fingerprint density at radius 1 is 1.10 bits per heavy atom. The SMILES string of the molecule is CC(C)(C)OC(=O)NC1CCN(C2CNC(c3ncc(-c4ccc(N)cc4)[nH]3)C(c3ccc(F)cc3)C2)CC1. The average Bonchev–Trinajstić information content (AvgIpc) is 3.39. The molecule has 2 aliphatic heterocycles. The number of ether oxygens (including phenoxy) is 1. The van der Waals surface area contributed by atoms with Crippen LogP contribution < -0.4 is 16.4 Å². The minimum Gasteiger partial charge on any atom is -0.444 e. The molecule has 0 aliphatic carbocycles. The Kier molecular flexibility index (Phi) is 7.91. The van der Waals surface area contributed by atoms with Crippen molar-refractivity contribution in [3.05, 3.63) is 71.9 Å². The number of anilines is 1. The number of aromatic nitrogens is 2. The molecule has 2 fully saturated rings. The van der Waals surface area contributed by atoms with Crippen molar-refractivity contribution in [2.24, 2.45) is 0 Å². The van der Waals surface area contributed by atoms with E-state index in [0.717, 1.165) is 67.2 Å². The number of hydrogen-bond acceptors (Lipinski definition) is 6. The zero-order valence-electron chi connectivity index (χ0n) is 22.9. The minimum atomic E-state index is -0.506. The van der Waals surface area contributed by atoms with Crippen molar-refractivity contribution in [1.29, 1.82) is 0 Å². The maximum atomic E-state index is 13.8. The van der Waals surface area contributed by atoms with Gasteiger partial charge in [0.15, 0.2) is 0 Å². The first-order chi connectivity index (χ1) is 18.6. The number of imidazole rings is 1. The van der Waals surface area contributed by atoms with E-state index in [1.54, 1.807) is 0 Å². The average molecular weight is 535 g/mol. The molecule has 0 spiro atoms. The maximum Gasteiger partial charge on any atom is 0.407 e. The fraction of sp³-hybridized carbons (Fsp3) is 0.467. The summed E-state index contributed by atoms with van der Waals surface area (Å²) in [7, 11) is 0. The van der Waals surface area contributed by atoms with Gasteiger partial charge in [-0.2, -0.15) is 0 Å². The van der Waals surface area contributed by atoms with E-state index in [9.17, 15) is 9.18 Å². The molecule has 0 saturated carbocycles. The van der Waals surface area contributed by atoms with Gasteiger partial charge < -0.3 is 26.1 Å². The van der Waals surface area contributed by atoms with Gasteiger partial charge in [0.05, 0.1) is 17.9 Å². The molecule has 2 aromatic carbocycles. The predicted octanol–water partition coefficient (Wildman–Crippen LogP) is 4.97. The van der Waals surface area contributed by atoms with Crippen LogP contribution in [0, 0.1) is 5.82 Å². The standard InChI is InChI=1S/C30H39FN6O2/c1-30(2,3)39-29(38)35-23-12-14-37(15-13-23)24-16-25(19-4-8-21(31)9-5-19)27(33-17-24)28-34-18-26(36-28)20-6-10-22(32)11-7-20/h4-11,18,23-25,27,33H,12-17,32H2,1-3H3,(H,34,36)(H,35,38). The second kappa shape index (κ2) is 11.4. The van der Waals surface area contributed by atoms with Crippen molar-refractivity contribution in [2.75, 3.05) is 25.4 Å². The predicted molar refractivity (Wildman–Crippen MR) is 151 cm³/mol. The van der Waals surface area contributed by atoms with E-state index in [1.807, 2.05) is 63.4 Å². The third kappa shape index (κ3) is 6.78. The lowest BCUT2D eigenvalue weighted by Crippen LogP contribution is -2.54. The molecular weight excluding hydrogens is 495 g/mol. The van der Waals surface area contributed by atoms with Crippen LogP contribution in [0.3, 0.4) is 0 Å². The van der Waals surface area contributed by atoms with E-state index in [1.165, 1.54) is 12.1 Å². The Bertz CT molecular complexity index is 1250. The van der Waals surface area contributed by atoms with Crippen LogP contribution in [0.2, 0.25) is 0 Å². The zero-order chi connectivity index (χ0) is 27.6. The topological polar surface area (TPSA) is 108 Å². The molecule has 2 aliphatic rings. The second-order valence-electron chi connectivity index (χ2n) is 11.7. The van der Waals surface area contributed by atoms with E-state index in [-0.39, 0.29) is 29.9 Å². The molecule has 3 heterocycles. The van der Waals surface area contributed by atoms with Crippen LogP contribution in [0.15, 0.2) is 54.7 Å². The van der Waals surface area contributed by atoms with E-state index in [4.69, 9.17) is 15.5 Å². The molecule has 208 valence electrons. The lowest BCUT2D eigenvalue weighted by atomic mass is 9.81. The summed E-state index contributed by atoms with van der Waals surface area (Å²) < 4.78 is 19.2. The molecule has 39 heavy (non-hydrogen) atoms. The monoisotopic (exact) mass is 534 g/mol. The Balaban J connectivity index is 1.27. The van der Waals surface area contributed by atoms with Gasteiger partial charge in [0.1, 0.15) is 17.2 Å². The number of halogens is 1. The van der Waals surface area contributed by atoms with Gasteiger partial charge in [0.2, 0.25) is 0 Å². The number of nitrogens with zero attached hydrogens (tertiary/aromatic N) is 2. The largest absolute Gasteiger partial charge is 0.444 e. The lowest BCUT2D eigenvalue weighted by Gasteiger charge is -2.44. The fourth-order valence-electron chi connectivity index (χ4n) is 5.71. The van der Waals surface area contributed by atoms with E-state index >= 15 is 0 Å². The number of carbonyl (C=O) groups excluding carboxylic acids is 1. The molecule has 2 saturated heterocycles. The molecule has 3 aromatic rings. The molecule has 8 nitrogen and oxygen atoms in total. The normalized spacial score (nSPS) is 22.9. The van der Waals surface area contributed by atoms with Crippen LogP contribution in [0.5, 0.6) is 0 Å². The number of rotatable bonds is 5. The molecule has 1 aromatic heterocycles. The van der Waals surface area contributed by atoms with Crippen LogP contribution in [0.4, 0.5) is 14.9 Å². The summed E-state index contributed by atoms with van der Waals surface area (Å²) in [5.74, 6) is 0.751. The summed E-state index contributed by atoms with van der Waals surface area (Å²) >= 11 is 0. The molecular formula is C30H39FN6O2. The summed E-state index contributed by atoms with van der Waals surface area (Å²) in [4.78, 5) is 23.0. The third-order valence-electron chi connectivity index (χ3n) is 7.68. The van der Waals surface area contributed by atoms with Gasteiger partial charge in [-0.1, -0.05) is 24.3 Å². The smallest absolute Gasteiger partial charge is 0.407 e. The van der Waals surface area contributed by atoms with Crippen LogP contribution in [0.25, 0.3) is 11.3 Å². The number of nitrogen functional groups attached to an aromatic ring is 1. The first-order valence-electron chi connectivity index (χ1n) is 13.8. The van der Waals surface area contributed by atoms with E-state index in [0.29, 0.717) is 6.04 Å². The molecule has 5 N–H and O–H groups in total. The van der Waals surface area contributed by atoms with Crippen LogP contribution in [-0.4, -0.2) is 58.3 Å². The highest BCUT2D eigenvalue weighted by atomic mass is 19.1. The van der Waals surface area contributed by atoms with Gasteiger partial charge in [0, 0.05) is 43.3 Å². The molecule has 0 bridgehead atoms. The second-order valence-corrected chi connectivity index (χ2v) is 11.7. The van der Waals surface area contributed by atoms with Crippen LogP contribution in [-0.2, 0) is 4.74 Å². The number of aromatic amines is 1. The number of carbonyl (C=O) groups is 1. The van der Waals surface area contributed by atoms with Crippen molar-refractivity contribution in [3.8, 4) is 11.3 Å². The number of benzene rings is 2. The lowest BCUT2D eigenvalue weighted by molar-refractivity contribution is 0.0456. The number of H-pyrrole nitrogens is 1. The summed E-state index contributed by atoms with van der Waals surface area (Å²) in [5.41, 5.74) is 9.12. The summed E-state index contributed by atoms with van der Waals surface area (Å²) in [6.45, 7) is 8.24.